The number of rotatable bonds is 5. The van der Waals surface area contributed by atoms with Gasteiger partial charge in [0.2, 0.25) is 10.9 Å². The molecule has 0 aliphatic heterocycles. The number of hydrogen-bond acceptors (Lipinski definition) is 5. The van der Waals surface area contributed by atoms with Crippen molar-refractivity contribution in [2.75, 3.05) is 12.3 Å². The summed E-state index contributed by atoms with van der Waals surface area (Å²) < 4.78 is 5.17. The Morgan fingerprint density at radius 2 is 1.78 bits per heavy atom. The van der Waals surface area contributed by atoms with E-state index >= 15 is 0 Å². The zero-order chi connectivity index (χ0) is 13.1. The van der Waals surface area contributed by atoms with Gasteiger partial charge in [-0.15, -0.1) is 0 Å². The number of carbonyl (C=O) groups excluding carboxylic acids is 1. The van der Waals surface area contributed by atoms with E-state index in [2.05, 4.69) is 0 Å². The van der Waals surface area contributed by atoms with Gasteiger partial charge in [-0.25, -0.2) is 0 Å². The van der Waals surface area contributed by atoms with E-state index in [1.54, 1.807) is 0 Å². The molecule has 2 aromatic rings. The molecule has 0 fully saturated rings. The van der Waals surface area contributed by atoms with E-state index in [0.29, 0.717) is 0 Å². The minimum atomic E-state index is -0.819. The molecule has 0 spiro atoms. The Morgan fingerprint density at radius 3 is 2.39 bits per heavy atom. The molecule has 0 saturated heterocycles. The van der Waals surface area contributed by atoms with Gasteiger partial charge in [0, 0.05) is 0 Å². The summed E-state index contributed by atoms with van der Waals surface area (Å²) in [6.45, 7) is 0.00580. The smallest absolute Gasteiger partial charge is 0.250 e. The zero-order valence-corrected chi connectivity index (χ0v) is 9.51. The Labute approximate surface area is 103 Å². The molecule has 0 amide bonds. The highest BCUT2D eigenvalue weighted by molar-refractivity contribution is 6.03. The molecule has 0 aliphatic carbocycles. The van der Waals surface area contributed by atoms with Crippen LogP contribution in [0.1, 0.15) is 15.9 Å². The third kappa shape index (κ3) is 2.21. The fraction of sp³-hybridized carbons (Fsp3) is 0.154. The van der Waals surface area contributed by atoms with Crippen molar-refractivity contribution >= 4 is 11.5 Å². The first-order chi connectivity index (χ1) is 8.61. The maximum atomic E-state index is 11.5. The molecule has 18 heavy (non-hydrogen) atoms. The number of carbonyl (C=O) groups is 1. The second kappa shape index (κ2) is 4.93. The number of anilines is 1. The van der Waals surface area contributed by atoms with Crippen LogP contribution >= 0.6 is 0 Å². The second-order valence-electron chi connectivity index (χ2n) is 3.85. The third-order valence-corrected chi connectivity index (χ3v) is 2.57. The van der Waals surface area contributed by atoms with Gasteiger partial charge >= 0.3 is 0 Å². The molecule has 0 radical (unpaired) electrons. The molecule has 5 nitrogen and oxygen atoms in total. The van der Waals surface area contributed by atoms with Crippen LogP contribution in [-0.4, -0.2) is 12.4 Å². The molecule has 2 rings (SSSR count). The minimum Gasteiger partial charge on any atom is -0.395 e. The lowest BCUT2D eigenvalue weighted by molar-refractivity contribution is 0.0725. The molecule has 0 aromatic heterocycles. The number of nitrogens with two attached hydrogens (primary N) is 1. The van der Waals surface area contributed by atoms with E-state index in [-0.39, 0.29) is 24.5 Å². The normalized spacial score (nSPS) is 10.7. The van der Waals surface area contributed by atoms with Crippen LogP contribution < -0.4 is 16.6 Å². The molecule has 2 N–H and O–H groups in total. The summed E-state index contributed by atoms with van der Waals surface area (Å²) in [6.07, 6.45) is 0. The van der Waals surface area contributed by atoms with E-state index in [4.69, 9.17) is 10.5 Å². The van der Waals surface area contributed by atoms with Crippen molar-refractivity contribution in [3.8, 4) is 0 Å². The standard InChI is InChI=1S/C13H11NO4/c14-11-10(12(16)13(11)17)9(15)7-18-6-8-4-2-1-3-5-8/h1-5H,6-7,14H2. The summed E-state index contributed by atoms with van der Waals surface area (Å²) in [5.74, 6) is -0.548. The zero-order valence-electron chi connectivity index (χ0n) is 9.51. The Balaban J connectivity index is 1.91. The van der Waals surface area contributed by atoms with Crippen LogP contribution in [-0.2, 0) is 11.3 Å². The highest BCUT2D eigenvalue weighted by Gasteiger charge is 2.24. The fourth-order valence-corrected chi connectivity index (χ4v) is 1.59. The molecule has 0 aliphatic rings. The molecule has 0 heterocycles. The fourth-order valence-electron chi connectivity index (χ4n) is 1.59. The predicted octanol–water partition coefficient (Wildman–Crippen LogP) is 0.264. The van der Waals surface area contributed by atoms with Crippen molar-refractivity contribution in [3.05, 3.63) is 61.9 Å². The van der Waals surface area contributed by atoms with Crippen LogP contribution in [0.2, 0.25) is 0 Å². The predicted molar refractivity (Wildman–Crippen MR) is 66.2 cm³/mol. The molecule has 0 unspecified atom stereocenters. The Morgan fingerprint density at radius 1 is 1.11 bits per heavy atom. The van der Waals surface area contributed by atoms with Crippen LogP contribution in [0.3, 0.4) is 0 Å². The van der Waals surface area contributed by atoms with Crippen molar-refractivity contribution < 1.29 is 9.53 Å². The van der Waals surface area contributed by atoms with E-state index in [1.165, 1.54) is 0 Å². The van der Waals surface area contributed by atoms with Gasteiger partial charge in [-0.05, 0) is 5.56 Å². The number of nitrogen functional groups attached to an aromatic ring is 1. The monoisotopic (exact) mass is 245 g/mol. The molecular formula is C13H11NO4. The van der Waals surface area contributed by atoms with Gasteiger partial charge in [-0.3, -0.25) is 14.4 Å². The highest BCUT2D eigenvalue weighted by Crippen LogP contribution is 2.05. The van der Waals surface area contributed by atoms with Crippen molar-refractivity contribution in [3.63, 3.8) is 0 Å². The maximum Gasteiger partial charge on any atom is 0.250 e. The van der Waals surface area contributed by atoms with Gasteiger partial charge in [0.15, 0.2) is 5.78 Å². The first-order valence-corrected chi connectivity index (χ1v) is 5.35. The Hall–Kier alpha value is -2.27. The van der Waals surface area contributed by atoms with Crippen molar-refractivity contribution in [2.45, 2.75) is 6.61 Å². The van der Waals surface area contributed by atoms with Gasteiger partial charge in [0.1, 0.15) is 6.61 Å². The Kier molecular flexibility index (Phi) is 3.34. The van der Waals surface area contributed by atoms with Crippen molar-refractivity contribution in [1.29, 1.82) is 0 Å². The van der Waals surface area contributed by atoms with Crippen LogP contribution in [0.5, 0.6) is 0 Å². The summed E-state index contributed by atoms with van der Waals surface area (Å²) >= 11 is 0. The minimum absolute atomic E-state index is 0.229. The third-order valence-electron chi connectivity index (χ3n) is 2.57. The summed E-state index contributed by atoms with van der Waals surface area (Å²) in [5.41, 5.74) is 4.10. The lowest BCUT2D eigenvalue weighted by Gasteiger charge is -2.06. The summed E-state index contributed by atoms with van der Waals surface area (Å²) in [7, 11) is 0. The molecule has 92 valence electrons. The van der Waals surface area contributed by atoms with Gasteiger partial charge in [0.25, 0.3) is 0 Å². The number of hydrogen-bond donors (Lipinski definition) is 1. The SMILES string of the molecule is Nc1c(C(=O)COCc2ccccc2)c(=O)c1=O. The highest BCUT2D eigenvalue weighted by atomic mass is 16.5. The van der Waals surface area contributed by atoms with Gasteiger partial charge in [0.05, 0.1) is 17.9 Å². The second-order valence-corrected chi connectivity index (χ2v) is 3.85. The van der Waals surface area contributed by atoms with Gasteiger partial charge in [-0.2, -0.15) is 0 Å². The molecule has 0 bridgehead atoms. The van der Waals surface area contributed by atoms with Crippen LogP contribution in [0.4, 0.5) is 5.69 Å². The molecule has 5 heteroatoms. The summed E-state index contributed by atoms with van der Waals surface area (Å²) in [6, 6.07) is 9.30. The van der Waals surface area contributed by atoms with Crippen molar-refractivity contribution in [2.24, 2.45) is 0 Å². The first kappa shape index (κ1) is 12.2. The summed E-state index contributed by atoms with van der Waals surface area (Å²) in [5, 5.41) is 0. The molecule has 0 atom stereocenters. The van der Waals surface area contributed by atoms with E-state index in [9.17, 15) is 14.4 Å². The quantitative estimate of drug-likeness (QED) is 0.603. The number of benzene rings is 1. The average molecular weight is 245 g/mol. The van der Waals surface area contributed by atoms with E-state index < -0.39 is 16.6 Å². The van der Waals surface area contributed by atoms with Crippen molar-refractivity contribution in [1.82, 2.24) is 0 Å². The molecule has 0 saturated carbocycles. The van der Waals surface area contributed by atoms with Crippen LogP contribution in [0, 0.1) is 0 Å². The summed E-state index contributed by atoms with van der Waals surface area (Å²) in [4.78, 5) is 33.5. The molecular weight excluding hydrogens is 234 g/mol. The lowest BCUT2D eigenvalue weighted by atomic mass is 10.0. The van der Waals surface area contributed by atoms with E-state index in [0.717, 1.165) is 5.56 Å². The van der Waals surface area contributed by atoms with Gasteiger partial charge < -0.3 is 10.5 Å². The van der Waals surface area contributed by atoms with Gasteiger partial charge in [-0.1, -0.05) is 30.3 Å². The lowest BCUT2D eigenvalue weighted by Crippen LogP contribution is -2.41. The largest absolute Gasteiger partial charge is 0.395 e. The Bertz CT molecular complexity index is 639. The first-order valence-electron chi connectivity index (χ1n) is 5.35. The topological polar surface area (TPSA) is 86.5 Å². The van der Waals surface area contributed by atoms with Crippen LogP contribution in [0.15, 0.2) is 39.9 Å². The number of Topliss-reactive ketones (excluding diaryl/α,β-unsaturated/α-hetero) is 1. The number of ether oxygens (including phenoxy) is 1. The van der Waals surface area contributed by atoms with E-state index in [1.807, 2.05) is 30.3 Å². The van der Waals surface area contributed by atoms with Crippen LogP contribution in [0.25, 0.3) is 0 Å². The average Bonchev–Trinajstić information content (AvgIpc) is 2.40. The number of ketones is 1. The molecule has 2 aromatic carbocycles. The maximum absolute atomic E-state index is 11.5.